The fourth-order valence-corrected chi connectivity index (χ4v) is 3.50. The van der Waals surface area contributed by atoms with Crippen molar-refractivity contribution in [1.29, 1.82) is 0 Å². The van der Waals surface area contributed by atoms with Gasteiger partial charge >= 0.3 is 0 Å². The Kier molecular flexibility index (Phi) is 4.50. The molecule has 2 heteroatoms. The van der Waals surface area contributed by atoms with E-state index in [1.807, 2.05) is 0 Å². The lowest BCUT2D eigenvalue weighted by Gasteiger charge is -2.47. The van der Waals surface area contributed by atoms with Crippen molar-refractivity contribution in [2.75, 3.05) is 0 Å². The van der Waals surface area contributed by atoms with Gasteiger partial charge in [-0.1, -0.05) is 26.0 Å². The largest absolute Gasteiger partial charge is 0.371 e. The van der Waals surface area contributed by atoms with Gasteiger partial charge in [0.2, 0.25) is 0 Å². The van der Waals surface area contributed by atoms with E-state index in [0.717, 1.165) is 19.3 Å². The van der Waals surface area contributed by atoms with Crippen molar-refractivity contribution in [1.82, 2.24) is 0 Å². The van der Waals surface area contributed by atoms with Crippen molar-refractivity contribution in [3.05, 3.63) is 12.2 Å². The van der Waals surface area contributed by atoms with Gasteiger partial charge in [0.25, 0.3) is 0 Å². The van der Waals surface area contributed by atoms with Gasteiger partial charge in [0, 0.05) is 12.3 Å². The number of hydrogen-bond donors (Lipinski definition) is 0. The van der Waals surface area contributed by atoms with Crippen LogP contribution < -0.4 is 0 Å². The van der Waals surface area contributed by atoms with Crippen molar-refractivity contribution >= 4 is 5.78 Å². The zero-order chi connectivity index (χ0) is 14.0. The van der Waals surface area contributed by atoms with E-state index in [-0.39, 0.29) is 5.60 Å². The molecule has 0 radical (unpaired) electrons. The summed E-state index contributed by atoms with van der Waals surface area (Å²) >= 11 is 0. The van der Waals surface area contributed by atoms with Gasteiger partial charge in [0.1, 0.15) is 5.78 Å². The summed E-state index contributed by atoms with van der Waals surface area (Å²) in [6.45, 7) is 8.50. The molecule has 0 aromatic carbocycles. The summed E-state index contributed by atoms with van der Waals surface area (Å²) in [6, 6.07) is 0. The fraction of sp³-hybridized carbons (Fsp3) is 0.824. The van der Waals surface area contributed by atoms with Crippen LogP contribution in [0.4, 0.5) is 0 Å². The predicted molar refractivity (Wildman–Crippen MR) is 78.0 cm³/mol. The molecule has 2 rings (SSSR count). The Morgan fingerprint density at radius 3 is 2.79 bits per heavy atom. The number of fused-ring (bicyclic) bond motifs is 1. The van der Waals surface area contributed by atoms with E-state index < -0.39 is 0 Å². The summed E-state index contributed by atoms with van der Waals surface area (Å²) in [5, 5.41) is 0. The Labute approximate surface area is 117 Å². The molecule has 0 N–H and O–H groups in total. The maximum Gasteiger partial charge on any atom is 0.129 e. The molecule has 2 aliphatic rings. The van der Waals surface area contributed by atoms with Crippen LogP contribution in [0.1, 0.15) is 59.8 Å². The third-order valence-corrected chi connectivity index (χ3v) is 5.09. The fourth-order valence-electron chi connectivity index (χ4n) is 3.50. The molecular formula is C17H28O2. The molecule has 19 heavy (non-hydrogen) atoms. The summed E-state index contributed by atoms with van der Waals surface area (Å²) in [5.74, 6) is 2.11. The lowest BCUT2D eigenvalue weighted by atomic mass is 9.72. The second-order valence-electron chi connectivity index (χ2n) is 6.89. The monoisotopic (exact) mass is 264 g/mol. The van der Waals surface area contributed by atoms with Crippen molar-refractivity contribution < 1.29 is 9.53 Å². The second-order valence-corrected chi connectivity index (χ2v) is 6.89. The number of Topliss-reactive ketones (excluding diaryl/α,β-unsaturated/α-hetero) is 1. The summed E-state index contributed by atoms with van der Waals surface area (Å²) < 4.78 is 6.48. The topological polar surface area (TPSA) is 26.3 Å². The molecular weight excluding hydrogens is 236 g/mol. The number of ketones is 1. The Hall–Kier alpha value is -0.630. The Morgan fingerprint density at radius 1 is 1.37 bits per heavy atom. The first-order chi connectivity index (χ1) is 8.91. The highest BCUT2D eigenvalue weighted by molar-refractivity contribution is 5.75. The van der Waals surface area contributed by atoms with Gasteiger partial charge in [-0.05, 0) is 51.4 Å². The van der Waals surface area contributed by atoms with Gasteiger partial charge in [-0.2, -0.15) is 0 Å². The summed E-state index contributed by atoms with van der Waals surface area (Å²) in [4.78, 5) is 11.1. The van der Waals surface area contributed by atoms with Gasteiger partial charge in [-0.15, -0.1) is 0 Å². The van der Waals surface area contributed by atoms with Crippen molar-refractivity contribution in [3.8, 4) is 0 Å². The number of carbonyl (C=O) groups excluding carboxylic acids is 1. The van der Waals surface area contributed by atoms with Gasteiger partial charge < -0.3 is 9.53 Å². The molecule has 1 heterocycles. The van der Waals surface area contributed by atoms with Gasteiger partial charge in [-0.25, -0.2) is 0 Å². The molecule has 0 aromatic heterocycles. The highest BCUT2D eigenvalue weighted by Gasteiger charge is 2.42. The third-order valence-electron chi connectivity index (χ3n) is 5.09. The van der Waals surface area contributed by atoms with E-state index >= 15 is 0 Å². The standard InChI is InChI=1S/C17H28O2/c1-12-7-8-15-9-11-17(4,10-5-6-13(2)18)19-16(15)14(12)3/h7-8,12,14-16H,5-6,9-11H2,1-4H3. The number of rotatable bonds is 4. The van der Waals surface area contributed by atoms with Gasteiger partial charge in [0.05, 0.1) is 11.7 Å². The van der Waals surface area contributed by atoms with E-state index in [4.69, 9.17) is 4.74 Å². The molecule has 1 fully saturated rings. The molecule has 5 atom stereocenters. The molecule has 2 nitrogen and oxygen atoms in total. The SMILES string of the molecule is CC(=O)CCCC1(C)CCC2C=CC(C)C(C)C2O1. The van der Waals surface area contributed by atoms with Crippen molar-refractivity contribution in [2.24, 2.45) is 17.8 Å². The molecule has 1 saturated heterocycles. The number of hydrogen-bond acceptors (Lipinski definition) is 2. The Balaban J connectivity index is 1.95. The normalized spacial score (nSPS) is 41.9. The van der Waals surface area contributed by atoms with Crippen LogP contribution in [0.5, 0.6) is 0 Å². The number of carbonyl (C=O) groups is 1. The average molecular weight is 264 g/mol. The van der Waals surface area contributed by atoms with Crippen LogP contribution in [0.25, 0.3) is 0 Å². The van der Waals surface area contributed by atoms with E-state index in [1.165, 1.54) is 6.42 Å². The van der Waals surface area contributed by atoms with Crippen LogP contribution in [0.2, 0.25) is 0 Å². The van der Waals surface area contributed by atoms with Crippen molar-refractivity contribution in [3.63, 3.8) is 0 Å². The third kappa shape index (κ3) is 3.47. The molecule has 0 saturated carbocycles. The Morgan fingerprint density at radius 2 is 2.11 bits per heavy atom. The van der Waals surface area contributed by atoms with Gasteiger partial charge in [0.15, 0.2) is 0 Å². The zero-order valence-corrected chi connectivity index (χ0v) is 12.8. The van der Waals surface area contributed by atoms with Crippen LogP contribution in [0.3, 0.4) is 0 Å². The van der Waals surface area contributed by atoms with Crippen LogP contribution in [0, 0.1) is 17.8 Å². The average Bonchev–Trinajstić information content (AvgIpc) is 2.34. The smallest absolute Gasteiger partial charge is 0.129 e. The quantitative estimate of drug-likeness (QED) is 0.713. The minimum atomic E-state index is -0.0181. The van der Waals surface area contributed by atoms with E-state index in [1.54, 1.807) is 6.92 Å². The molecule has 0 spiro atoms. The molecule has 0 aromatic rings. The first-order valence-corrected chi connectivity index (χ1v) is 7.77. The zero-order valence-electron chi connectivity index (χ0n) is 12.8. The summed E-state index contributed by atoms with van der Waals surface area (Å²) in [5.41, 5.74) is -0.0181. The van der Waals surface area contributed by atoms with Crippen molar-refractivity contribution in [2.45, 2.75) is 71.5 Å². The minimum Gasteiger partial charge on any atom is -0.371 e. The summed E-state index contributed by atoms with van der Waals surface area (Å²) in [7, 11) is 0. The van der Waals surface area contributed by atoms with Crippen LogP contribution >= 0.6 is 0 Å². The highest BCUT2D eigenvalue weighted by atomic mass is 16.5. The molecule has 1 aliphatic heterocycles. The maximum atomic E-state index is 11.1. The Bertz CT molecular complexity index is 360. The molecule has 0 amide bonds. The lowest BCUT2D eigenvalue weighted by Crippen LogP contribution is -2.47. The molecule has 5 unspecified atom stereocenters. The minimum absolute atomic E-state index is 0.0181. The van der Waals surface area contributed by atoms with Crippen LogP contribution in [0.15, 0.2) is 12.2 Å². The number of allylic oxidation sites excluding steroid dienone is 1. The van der Waals surface area contributed by atoms with Crippen LogP contribution in [-0.4, -0.2) is 17.5 Å². The van der Waals surface area contributed by atoms with Gasteiger partial charge in [-0.3, -0.25) is 0 Å². The lowest BCUT2D eigenvalue weighted by molar-refractivity contribution is -0.164. The first-order valence-electron chi connectivity index (χ1n) is 7.77. The van der Waals surface area contributed by atoms with E-state index in [2.05, 4.69) is 32.9 Å². The van der Waals surface area contributed by atoms with Crippen LogP contribution in [-0.2, 0) is 9.53 Å². The number of ether oxygens (including phenoxy) is 1. The van der Waals surface area contributed by atoms with E-state index in [0.29, 0.717) is 36.1 Å². The first kappa shape index (κ1) is 14.8. The maximum absolute atomic E-state index is 11.1. The molecule has 108 valence electrons. The predicted octanol–water partition coefficient (Wildman–Crippen LogP) is 4.14. The second kappa shape index (κ2) is 5.78. The molecule has 0 bridgehead atoms. The highest BCUT2D eigenvalue weighted by Crippen LogP contribution is 2.43. The molecule has 1 aliphatic carbocycles. The van der Waals surface area contributed by atoms with E-state index in [9.17, 15) is 4.79 Å². The summed E-state index contributed by atoms with van der Waals surface area (Å²) in [6.07, 6.45) is 10.1.